The predicted molar refractivity (Wildman–Crippen MR) is 108 cm³/mol. The Morgan fingerprint density at radius 2 is 1.93 bits per heavy atom. The average Bonchev–Trinajstić information content (AvgIpc) is 3.05. The van der Waals surface area contributed by atoms with Gasteiger partial charge in [0.15, 0.2) is 0 Å². The molecule has 0 radical (unpaired) electrons. The number of rotatable bonds is 9. The fourth-order valence-electron chi connectivity index (χ4n) is 2.96. The van der Waals surface area contributed by atoms with Crippen molar-refractivity contribution < 1.29 is 9.53 Å². The molecule has 0 saturated heterocycles. The molecule has 0 atom stereocenters. The molecular formula is C22H25N3O2. The summed E-state index contributed by atoms with van der Waals surface area (Å²) in [6.45, 7) is 4.63. The topological polar surface area (TPSA) is 56.1 Å². The highest BCUT2D eigenvalue weighted by Gasteiger charge is 2.10. The zero-order chi connectivity index (χ0) is 18.9. The lowest BCUT2D eigenvalue weighted by Crippen LogP contribution is -2.24. The lowest BCUT2D eigenvalue weighted by molar-refractivity contribution is -0.116. The lowest BCUT2D eigenvalue weighted by atomic mass is 10.2. The van der Waals surface area contributed by atoms with E-state index in [0.29, 0.717) is 26.2 Å². The van der Waals surface area contributed by atoms with Crippen molar-refractivity contribution in [2.45, 2.75) is 19.9 Å². The van der Waals surface area contributed by atoms with Crippen molar-refractivity contribution in [2.75, 3.05) is 19.8 Å². The number of nitrogens with zero attached hydrogens (tertiary/aromatic N) is 2. The number of aromatic nitrogens is 2. The number of hydrogen-bond donors (Lipinski definition) is 1. The Kier molecular flexibility index (Phi) is 6.77. The summed E-state index contributed by atoms with van der Waals surface area (Å²) >= 11 is 0. The molecule has 1 N–H and O–H groups in total. The molecular weight excluding hydrogens is 338 g/mol. The van der Waals surface area contributed by atoms with Gasteiger partial charge in [0, 0.05) is 32.2 Å². The number of carbonyl (C=O) groups is 1. The van der Waals surface area contributed by atoms with Crippen LogP contribution in [0.4, 0.5) is 0 Å². The number of benzene rings is 2. The Balaban J connectivity index is 1.60. The van der Waals surface area contributed by atoms with E-state index in [1.54, 1.807) is 6.08 Å². The molecule has 3 aromatic rings. The summed E-state index contributed by atoms with van der Waals surface area (Å²) in [6.07, 6.45) is 4.05. The van der Waals surface area contributed by atoms with Crippen molar-refractivity contribution in [2.24, 2.45) is 0 Å². The van der Waals surface area contributed by atoms with Crippen LogP contribution in [0.1, 0.15) is 18.3 Å². The molecule has 5 heteroatoms. The summed E-state index contributed by atoms with van der Waals surface area (Å²) in [5, 5.41) is 2.93. The Bertz CT molecular complexity index is 900. The largest absolute Gasteiger partial charge is 0.380 e. The first-order valence-electron chi connectivity index (χ1n) is 9.31. The van der Waals surface area contributed by atoms with Gasteiger partial charge in [0.25, 0.3) is 0 Å². The minimum atomic E-state index is -0.101. The molecule has 1 aromatic heterocycles. The average molecular weight is 363 g/mol. The van der Waals surface area contributed by atoms with E-state index in [2.05, 4.69) is 16.0 Å². The number of carbonyl (C=O) groups excluding carboxylic acids is 1. The molecule has 2 aromatic carbocycles. The summed E-state index contributed by atoms with van der Waals surface area (Å²) in [5.41, 5.74) is 3.08. The number of nitrogens with one attached hydrogen (secondary N) is 1. The Labute approximate surface area is 159 Å². The molecule has 0 aliphatic rings. The highest BCUT2D eigenvalue weighted by molar-refractivity contribution is 5.91. The van der Waals surface area contributed by atoms with Gasteiger partial charge in [-0.1, -0.05) is 42.5 Å². The Morgan fingerprint density at radius 1 is 1.15 bits per heavy atom. The SMILES string of the molecule is CCOCCn1c(CCNC(=O)/C=C/c2ccccc2)nc2ccccc21. The normalized spacial score (nSPS) is 11.3. The monoisotopic (exact) mass is 363 g/mol. The van der Waals surface area contributed by atoms with Crippen LogP contribution in [0.2, 0.25) is 0 Å². The van der Waals surface area contributed by atoms with Crippen LogP contribution < -0.4 is 5.32 Å². The fraction of sp³-hybridized carbons (Fsp3) is 0.273. The first-order valence-corrected chi connectivity index (χ1v) is 9.31. The van der Waals surface area contributed by atoms with Crippen molar-refractivity contribution in [1.29, 1.82) is 0 Å². The molecule has 1 amide bonds. The summed E-state index contributed by atoms with van der Waals surface area (Å²) < 4.78 is 7.68. The van der Waals surface area contributed by atoms with Gasteiger partial charge in [-0.05, 0) is 30.7 Å². The first-order chi connectivity index (χ1) is 13.3. The molecule has 0 aliphatic heterocycles. The third-order valence-corrected chi connectivity index (χ3v) is 4.27. The van der Waals surface area contributed by atoms with E-state index in [1.165, 1.54) is 0 Å². The minimum absolute atomic E-state index is 0.101. The minimum Gasteiger partial charge on any atom is -0.380 e. The number of imidazole rings is 1. The number of para-hydroxylation sites is 2. The van der Waals surface area contributed by atoms with Gasteiger partial charge >= 0.3 is 0 Å². The van der Waals surface area contributed by atoms with Gasteiger partial charge in [-0.25, -0.2) is 4.98 Å². The zero-order valence-electron chi connectivity index (χ0n) is 15.6. The lowest BCUT2D eigenvalue weighted by Gasteiger charge is -2.09. The quantitative estimate of drug-likeness (QED) is 0.468. The van der Waals surface area contributed by atoms with E-state index in [0.717, 1.165) is 29.0 Å². The van der Waals surface area contributed by atoms with Gasteiger partial charge in [-0.15, -0.1) is 0 Å². The van der Waals surface area contributed by atoms with Crippen LogP contribution in [-0.2, 0) is 22.5 Å². The summed E-state index contributed by atoms with van der Waals surface area (Å²) in [4.78, 5) is 16.7. The van der Waals surface area contributed by atoms with E-state index < -0.39 is 0 Å². The smallest absolute Gasteiger partial charge is 0.244 e. The molecule has 3 rings (SSSR count). The Hall–Kier alpha value is -2.92. The van der Waals surface area contributed by atoms with E-state index in [1.807, 2.05) is 61.5 Å². The molecule has 1 heterocycles. The maximum atomic E-state index is 12.0. The zero-order valence-corrected chi connectivity index (χ0v) is 15.6. The molecule has 5 nitrogen and oxygen atoms in total. The molecule has 0 unspecified atom stereocenters. The Morgan fingerprint density at radius 3 is 2.74 bits per heavy atom. The second-order valence-electron chi connectivity index (χ2n) is 6.15. The fourth-order valence-corrected chi connectivity index (χ4v) is 2.96. The van der Waals surface area contributed by atoms with Crippen LogP contribution in [0.15, 0.2) is 60.7 Å². The van der Waals surface area contributed by atoms with Gasteiger partial charge < -0.3 is 14.6 Å². The highest BCUT2D eigenvalue weighted by Crippen LogP contribution is 2.16. The molecule has 0 bridgehead atoms. The molecule has 140 valence electrons. The van der Waals surface area contributed by atoms with Crippen LogP contribution in [0.3, 0.4) is 0 Å². The summed E-state index contributed by atoms with van der Waals surface area (Å²) in [6, 6.07) is 17.9. The molecule has 27 heavy (non-hydrogen) atoms. The van der Waals surface area contributed by atoms with Crippen molar-refractivity contribution in [1.82, 2.24) is 14.9 Å². The van der Waals surface area contributed by atoms with Crippen LogP contribution in [0, 0.1) is 0 Å². The van der Waals surface area contributed by atoms with Gasteiger partial charge in [0.2, 0.25) is 5.91 Å². The second kappa shape index (κ2) is 9.69. The molecule has 0 saturated carbocycles. The van der Waals surface area contributed by atoms with E-state index in [-0.39, 0.29) is 5.91 Å². The standard InChI is InChI=1S/C22H25N3O2/c1-2-27-17-16-25-20-11-7-6-10-19(20)24-21(25)14-15-23-22(26)13-12-18-8-4-3-5-9-18/h3-13H,2,14-17H2,1H3,(H,23,26)/b13-12+. The number of fused-ring (bicyclic) bond motifs is 1. The van der Waals surface area contributed by atoms with Gasteiger partial charge in [0.1, 0.15) is 5.82 Å². The van der Waals surface area contributed by atoms with Crippen molar-refractivity contribution >= 4 is 23.0 Å². The maximum Gasteiger partial charge on any atom is 0.244 e. The van der Waals surface area contributed by atoms with Gasteiger partial charge in [0.05, 0.1) is 17.6 Å². The van der Waals surface area contributed by atoms with Crippen LogP contribution in [-0.4, -0.2) is 35.2 Å². The molecule has 0 aliphatic carbocycles. The van der Waals surface area contributed by atoms with Crippen molar-refractivity contribution in [3.63, 3.8) is 0 Å². The van der Waals surface area contributed by atoms with Crippen molar-refractivity contribution in [3.05, 3.63) is 72.1 Å². The highest BCUT2D eigenvalue weighted by atomic mass is 16.5. The van der Waals surface area contributed by atoms with Crippen LogP contribution in [0.5, 0.6) is 0 Å². The van der Waals surface area contributed by atoms with Crippen molar-refractivity contribution in [3.8, 4) is 0 Å². The third kappa shape index (κ3) is 5.28. The van der Waals surface area contributed by atoms with Crippen LogP contribution >= 0.6 is 0 Å². The summed E-state index contributed by atoms with van der Waals surface area (Å²) in [7, 11) is 0. The van der Waals surface area contributed by atoms with Gasteiger partial charge in [-0.2, -0.15) is 0 Å². The second-order valence-corrected chi connectivity index (χ2v) is 6.15. The number of ether oxygens (including phenoxy) is 1. The summed E-state index contributed by atoms with van der Waals surface area (Å²) in [5.74, 6) is 0.860. The predicted octanol–water partition coefficient (Wildman–Crippen LogP) is 3.44. The number of amides is 1. The van der Waals surface area contributed by atoms with E-state index in [9.17, 15) is 4.79 Å². The third-order valence-electron chi connectivity index (χ3n) is 4.27. The van der Waals surface area contributed by atoms with E-state index >= 15 is 0 Å². The van der Waals surface area contributed by atoms with Gasteiger partial charge in [-0.3, -0.25) is 4.79 Å². The maximum absolute atomic E-state index is 12.0. The molecule has 0 fully saturated rings. The number of hydrogen-bond acceptors (Lipinski definition) is 3. The first kappa shape index (κ1) is 18.9. The van der Waals surface area contributed by atoms with E-state index in [4.69, 9.17) is 9.72 Å². The molecule has 0 spiro atoms. The van der Waals surface area contributed by atoms with Crippen LogP contribution in [0.25, 0.3) is 17.1 Å².